The number of hydrogen-bond donors (Lipinski definition) is 2. The smallest absolute Gasteiger partial charge is 0.416 e. The van der Waals surface area contributed by atoms with Gasteiger partial charge >= 0.3 is 12.1 Å². The van der Waals surface area contributed by atoms with Crippen molar-refractivity contribution in [2.24, 2.45) is 5.92 Å². The molecule has 1 aromatic rings. The zero-order chi connectivity index (χ0) is 14.9. The SMILES string of the molecule is O=C(O)C1C=CC(Nc2ccc(C(F)(F)F)cc2F)C1. The average Bonchev–Trinajstić information content (AvgIpc) is 2.79. The van der Waals surface area contributed by atoms with Gasteiger partial charge in [-0.1, -0.05) is 12.2 Å². The van der Waals surface area contributed by atoms with Crippen LogP contribution in [0.1, 0.15) is 12.0 Å². The molecule has 7 heteroatoms. The van der Waals surface area contributed by atoms with Gasteiger partial charge in [-0.2, -0.15) is 13.2 Å². The van der Waals surface area contributed by atoms with Crippen LogP contribution in [0.2, 0.25) is 0 Å². The van der Waals surface area contributed by atoms with E-state index in [1.165, 1.54) is 6.08 Å². The zero-order valence-electron chi connectivity index (χ0n) is 10.1. The van der Waals surface area contributed by atoms with Gasteiger partial charge < -0.3 is 10.4 Å². The van der Waals surface area contributed by atoms with Crippen molar-refractivity contribution in [3.63, 3.8) is 0 Å². The third-order valence-electron chi connectivity index (χ3n) is 3.04. The maximum atomic E-state index is 13.6. The summed E-state index contributed by atoms with van der Waals surface area (Å²) in [6, 6.07) is 1.77. The van der Waals surface area contributed by atoms with Gasteiger partial charge in [-0.3, -0.25) is 4.79 Å². The Kier molecular flexibility index (Phi) is 3.69. The first-order valence-electron chi connectivity index (χ1n) is 5.82. The highest BCUT2D eigenvalue weighted by atomic mass is 19.4. The summed E-state index contributed by atoms with van der Waals surface area (Å²) in [6.07, 6.45) is -1.32. The molecular weight excluding hydrogens is 278 g/mol. The summed E-state index contributed by atoms with van der Waals surface area (Å²) in [6.45, 7) is 0. The van der Waals surface area contributed by atoms with Gasteiger partial charge in [-0.15, -0.1) is 0 Å². The van der Waals surface area contributed by atoms with E-state index >= 15 is 0 Å². The monoisotopic (exact) mass is 289 g/mol. The Hall–Kier alpha value is -2.05. The van der Waals surface area contributed by atoms with E-state index in [1.807, 2.05) is 0 Å². The number of hydrogen-bond acceptors (Lipinski definition) is 2. The van der Waals surface area contributed by atoms with Crippen molar-refractivity contribution in [3.05, 3.63) is 41.7 Å². The Morgan fingerprint density at radius 2 is 2.00 bits per heavy atom. The standard InChI is InChI=1S/C13H11F4NO2/c14-10-6-8(13(15,16)17)2-4-11(10)18-9-3-1-7(5-9)12(19)20/h1-4,6-7,9,18H,5H2,(H,19,20). The fourth-order valence-electron chi connectivity index (χ4n) is 2.00. The fraction of sp³-hybridized carbons (Fsp3) is 0.308. The highest BCUT2D eigenvalue weighted by Gasteiger charge is 2.31. The van der Waals surface area contributed by atoms with Gasteiger partial charge in [-0.05, 0) is 24.6 Å². The molecule has 2 atom stereocenters. The van der Waals surface area contributed by atoms with Crippen LogP contribution >= 0.6 is 0 Å². The molecule has 0 fully saturated rings. The van der Waals surface area contributed by atoms with Crippen molar-refractivity contribution >= 4 is 11.7 Å². The summed E-state index contributed by atoms with van der Waals surface area (Å²) >= 11 is 0. The quantitative estimate of drug-likeness (QED) is 0.663. The van der Waals surface area contributed by atoms with Crippen LogP contribution in [-0.2, 0) is 11.0 Å². The molecule has 0 saturated carbocycles. The maximum Gasteiger partial charge on any atom is 0.416 e. The summed E-state index contributed by atoms with van der Waals surface area (Å²) in [5, 5.41) is 11.5. The first-order chi connectivity index (χ1) is 9.27. The molecule has 1 aromatic carbocycles. The van der Waals surface area contributed by atoms with E-state index in [0.29, 0.717) is 6.07 Å². The predicted molar refractivity (Wildman–Crippen MR) is 63.7 cm³/mol. The number of aliphatic carboxylic acids is 1. The lowest BCUT2D eigenvalue weighted by Gasteiger charge is -2.15. The number of alkyl halides is 3. The van der Waals surface area contributed by atoms with E-state index in [2.05, 4.69) is 5.32 Å². The van der Waals surface area contributed by atoms with Gasteiger partial charge in [-0.25, -0.2) is 4.39 Å². The third kappa shape index (κ3) is 3.09. The molecule has 20 heavy (non-hydrogen) atoms. The van der Waals surface area contributed by atoms with E-state index in [-0.39, 0.29) is 12.1 Å². The first-order valence-corrected chi connectivity index (χ1v) is 5.82. The van der Waals surface area contributed by atoms with Crippen molar-refractivity contribution < 1.29 is 27.5 Å². The van der Waals surface area contributed by atoms with Crippen molar-refractivity contribution in [3.8, 4) is 0 Å². The summed E-state index contributed by atoms with van der Waals surface area (Å²) in [4.78, 5) is 10.7. The molecule has 0 amide bonds. The lowest BCUT2D eigenvalue weighted by atomic mass is 10.1. The number of benzene rings is 1. The second-order valence-electron chi connectivity index (χ2n) is 4.51. The largest absolute Gasteiger partial charge is 0.481 e. The van der Waals surface area contributed by atoms with Crippen LogP contribution in [0.5, 0.6) is 0 Å². The molecule has 2 N–H and O–H groups in total. The van der Waals surface area contributed by atoms with E-state index < -0.39 is 35.5 Å². The highest BCUT2D eigenvalue weighted by molar-refractivity contribution is 5.73. The van der Waals surface area contributed by atoms with Crippen molar-refractivity contribution in [1.29, 1.82) is 0 Å². The Morgan fingerprint density at radius 1 is 1.30 bits per heavy atom. The topological polar surface area (TPSA) is 49.3 Å². The van der Waals surface area contributed by atoms with Crippen LogP contribution in [0.3, 0.4) is 0 Å². The van der Waals surface area contributed by atoms with E-state index in [9.17, 15) is 22.4 Å². The average molecular weight is 289 g/mol. The number of carbonyl (C=O) groups is 1. The van der Waals surface area contributed by atoms with Crippen molar-refractivity contribution in [2.45, 2.75) is 18.6 Å². The molecule has 108 valence electrons. The van der Waals surface area contributed by atoms with Gasteiger partial charge in [0.05, 0.1) is 17.2 Å². The summed E-state index contributed by atoms with van der Waals surface area (Å²) in [5.74, 6) is -2.67. The molecule has 0 aromatic heterocycles. The van der Waals surface area contributed by atoms with Gasteiger partial charge in [0.2, 0.25) is 0 Å². The molecule has 0 spiro atoms. The Labute approximate surface area is 111 Å². The predicted octanol–water partition coefficient (Wildman–Crippen LogP) is 3.29. The number of anilines is 1. The minimum atomic E-state index is -4.60. The molecule has 1 aliphatic carbocycles. The molecule has 0 radical (unpaired) electrons. The van der Waals surface area contributed by atoms with Crippen LogP contribution in [0.15, 0.2) is 30.4 Å². The molecule has 0 aliphatic heterocycles. The van der Waals surface area contributed by atoms with Crippen LogP contribution in [0, 0.1) is 11.7 Å². The molecule has 2 unspecified atom stereocenters. The number of carboxylic acids is 1. The van der Waals surface area contributed by atoms with Crippen LogP contribution in [-0.4, -0.2) is 17.1 Å². The van der Waals surface area contributed by atoms with Gasteiger partial charge in [0.15, 0.2) is 0 Å². The molecule has 3 nitrogen and oxygen atoms in total. The minimum Gasteiger partial charge on any atom is -0.481 e. The number of carboxylic acid groups (broad SMARTS) is 1. The van der Waals surface area contributed by atoms with Gasteiger partial charge in [0, 0.05) is 6.04 Å². The van der Waals surface area contributed by atoms with E-state index in [0.717, 1.165) is 12.1 Å². The first kappa shape index (κ1) is 14.4. The maximum absolute atomic E-state index is 13.6. The minimum absolute atomic E-state index is 0.0845. The number of halogens is 4. The zero-order valence-corrected chi connectivity index (χ0v) is 10.1. The van der Waals surface area contributed by atoms with Crippen LogP contribution in [0.25, 0.3) is 0 Å². The molecule has 1 aliphatic rings. The van der Waals surface area contributed by atoms with Crippen LogP contribution in [0.4, 0.5) is 23.2 Å². The molecule has 2 rings (SSSR count). The van der Waals surface area contributed by atoms with E-state index in [4.69, 9.17) is 5.11 Å². The Morgan fingerprint density at radius 3 is 2.50 bits per heavy atom. The summed E-state index contributed by atoms with van der Waals surface area (Å²) < 4.78 is 50.7. The van der Waals surface area contributed by atoms with Crippen molar-refractivity contribution in [1.82, 2.24) is 0 Å². The fourth-order valence-corrected chi connectivity index (χ4v) is 2.00. The second-order valence-corrected chi connectivity index (χ2v) is 4.51. The lowest BCUT2D eigenvalue weighted by Crippen LogP contribution is -2.19. The summed E-state index contributed by atoms with van der Waals surface area (Å²) in [5.41, 5.74) is -1.15. The Balaban J connectivity index is 2.08. The second kappa shape index (κ2) is 5.15. The summed E-state index contributed by atoms with van der Waals surface area (Å²) in [7, 11) is 0. The molecule has 0 bridgehead atoms. The van der Waals surface area contributed by atoms with Gasteiger partial charge in [0.1, 0.15) is 5.82 Å². The third-order valence-corrected chi connectivity index (χ3v) is 3.04. The molecule has 0 saturated heterocycles. The van der Waals surface area contributed by atoms with E-state index in [1.54, 1.807) is 6.08 Å². The molecular formula is C13H11F4NO2. The Bertz CT molecular complexity index is 554. The highest BCUT2D eigenvalue weighted by Crippen LogP contribution is 2.32. The normalized spacial score (nSPS) is 22.0. The number of rotatable bonds is 3. The van der Waals surface area contributed by atoms with Crippen LogP contribution < -0.4 is 5.32 Å². The van der Waals surface area contributed by atoms with Crippen molar-refractivity contribution in [2.75, 3.05) is 5.32 Å². The van der Waals surface area contributed by atoms with Gasteiger partial charge in [0.25, 0.3) is 0 Å². The lowest BCUT2D eigenvalue weighted by molar-refractivity contribution is -0.140. The number of nitrogens with one attached hydrogen (secondary N) is 1. The molecule has 0 heterocycles.